The van der Waals surface area contributed by atoms with E-state index in [1.54, 1.807) is 0 Å². The number of nitrogens with two attached hydrogens (primary N) is 1. The Labute approximate surface area is 152 Å². The van der Waals surface area contributed by atoms with Gasteiger partial charge in [0.05, 0.1) is 11.9 Å². The zero-order chi connectivity index (χ0) is 19.4. The lowest BCUT2D eigenvalue weighted by Crippen LogP contribution is -2.21. The van der Waals surface area contributed by atoms with Gasteiger partial charge in [0.2, 0.25) is 6.54 Å². The summed E-state index contributed by atoms with van der Waals surface area (Å²) in [6, 6.07) is 4.55. The summed E-state index contributed by atoms with van der Waals surface area (Å²) in [5.41, 5.74) is 6.36. The first kappa shape index (κ1) is 17.9. The van der Waals surface area contributed by atoms with E-state index in [-0.39, 0.29) is 11.5 Å². The standard InChI is InChI=1S/C16H14FN7O3/c17-11-3-1-10(2-4-11)13(9-24(26)27)23-8-12(7-21-23)22-16(25)14-15(18)20-6-5-19-14/h1-8,13H,9H2,(H2,18,20)(H,22,25). The number of carbonyl (C=O) groups is 1. The van der Waals surface area contributed by atoms with Crippen LogP contribution in [0.25, 0.3) is 0 Å². The van der Waals surface area contributed by atoms with E-state index >= 15 is 0 Å². The molecule has 0 saturated carbocycles. The molecule has 0 bridgehead atoms. The fourth-order valence-corrected chi connectivity index (χ4v) is 2.45. The molecule has 2 heterocycles. The van der Waals surface area contributed by atoms with E-state index < -0.39 is 29.2 Å². The van der Waals surface area contributed by atoms with E-state index in [2.05, 4.69) is 20.4 Å². The maximum atomic E-state index is 13.1. The molecule has 0 spiro atoms. The average Bonchev–Trinajstić information content (AvgIpc) is 3.09. The number of rotatable bonds is 6. The first-order chi connectivity index (χ1) is 12.9. The molecule has 1 unspecified atom stereocenters. The van der Waals surface area contributed by atoms with Crippen LogP contribution in [0.3, 0.4) is 0 Å². The molecule has 0 radical (unpaired) electrons. The molecule has 0 fully saturated rings. The SMILES string of the molecule is Nc1nccnc1C(=O)Nc1cnn(C(C[N+](=O)[O-])c2ccc(F)cc2)c1. The number of amides is 1. The number of nitrogen functional groups attached to an aromatic ring is 1. The smallest absolute Gasteiger partial charge is 0.278 e. The molecular formula is C16H14FN7O3. The van der Waals surface area contributed by atoms with Gasteiger partial charge in [0.1, 0.15) is 11.9 Å². The molecule has 27 heavy (non-hydrogen) atoms. The van der Waals surface area contributed by atoms with Crippen LogP contribution in [0, 0.1) is 15.9 Å². The first-order valence-corrected chi connectivity index (χ1v) is 7.73. The summed E-state index contributed by atoms with van der Waals surface area (Å²) in [5, 5.41) is 17.6. The van der Waals surface area contributed by atoms with Crippen molar-refractivity contribution in [3.05, 3.63) is 76.2 Å². The van der Waals surface area contributed by atoms with Crippen LogP contribution in [-0.2, 0) is 0 Å². The molecule has 0 aliphatic carbocycles. The Bertz CT molecular complexity index is 974. The minimum absolute atomic E-state index is 0.0278. The summed E-state index contributed by atoms with van der Waals surface area (Å²) >= 11 is 0. The van der Waals surface area contributed by atoms with Crippen molar-refractivity contribution in [2.45, 2.75) is 6.04 Å². The van der Waals surface area contributed by atoms with Crippen molar-refractivity contribution >= 4 is 17.4 Å². The zero-order valence-electron chi connectivity index (χ0n) is 13.8. The summed E-state index contributed by atoms with van der Waals surface area (Å²) in [7, 11) is 0. The predicted octanol–water partition coefficient (Wildman–Crippen LogP) is 1.51. The second-order valence-electron chi connectivity index (χ2n) is 5.54. The minimum atomic E-state index is -0.771. The lowest BCUT2D eigenvalue weighted by Gasteiger charge is -2.13. The van der Waals surface area contributed by atoms with Gasteiger partial charge < -0.3 is 11.1 Å². The molecule has 10 nitrogen and oxygen atoms in total. The van der Waals surface area contributed by atoms with Crippen molar-refractivity contribution in [3.8, 4) is 0 Å². The van der Waals surface area contributed by atoms with Crippen molar-refractivity contribution < 1.29 is 14.1 Å². The maximum Gasteiger partial charge on any atom is 0.278 e. The molecule has 11 heteroatoms. The zero-order valence-corrected chi connectivity index (χ0v) is 13.8. The largest absolute Gasteiger partial charge is 0.382 e. The first-order valence-electron chi connectivity index (χ1n) is 7.73. The molecule has 0 aliphatic heterocycles. The molecule has 1 aromatic carbocycles. The number of halogens is 1. The van der Waals surface area contributed by atoms with Crippen molar-refractivity contribution in [2.24, 2.45) is 0 Å². The van der Waals surface area contributed by atoms with E-state index in [0.29, 0.717) is 11.3 Å². The number of nitrogens with one attached hydrogen (secondary N) is 1. The monoisotopic (exact) mass is 371 g/mol. The number of hydrogen-bond donors (Lipinski definition) is 2. The van der Waals surface area contributed by atoms with Gasteiger partial charge in [-0.2, -0.15) is 5.10 Å². The summed E-state index contributed by atoms with van der Waals surface area (Å²) in [6.45, 7) is -0.461. The highest BCUT2D eigenvalue weighted by Gasteiger charge is 2.22. The van der Waals surface area contributed by atoms with Crippen molar-refractivity contribution in [2.75, 3.05) is 17.6 Å². The highest BCUT2D eigenvalue weighted by molar-refractivity contribution is 6.05. The number of benzene rings is 1. The highest BCUT2D eigenvalue weighted by atomic mass is 19.1. The van der Waals surface area contributed by atoms with Gasteiger partial charge in [0.15, 0.2) is 11.5 Å². The van der Waals surface area contributed by atoms with Crippen molar-refractivity contribution in [1.82, 2.24) is 19.7 Å². The van der Waals surface area contributed by atoms with Gasteiger partial charge >= 0.3 is 0 Å². The van der Waals surface area contributed by atoms with Gasteiger partial charge in [-0.1, -0.05) is 12.1 Å². The minimum Gasteiger partial charge on any atom is -0.382 e. The molecule has 1 atom stereocenters. The normalized spacial score (nSPS) is 11.7. The number of aromatic nitrogens is 4. The van der Waals surface area contributed by atoms with Gasteiger partial charge in [0, 0.05) is 23.5 Å². The van der Waals surface area contributed by atoms with Gasteiger partial charge in [-0.3, -0.25) is 19.6 Å². The number of anilines is 2. The molecule has 3 aromatic rings. The predicted molar refractivity (Wildman–Crippen MR) is 93.0 cm³/mol. The Kier molecular flexibility index (Phi) is 5.01. The van der Waals surface area contributed by atoms with E-state index in [1.807, 2.05) is 0 Å². The topological polar surface area (TPSA) is 142 Å². The third-order valence-corrected chi connectivity index (χ3v) is 3.70. The summed E-state index contributed by atoms with van der Waals surface area (Å²) in [4.78, 5) is 30.4. The number of hydrogen-bond acceptors (Lipinski definition) is 7. The fourth-order valence-electron chi connectivity index (χ4n) is 2.45. The number of nitro groups is 1. The van der Waals surface area contributed by atoms with Crippen LogP contribution in [0.4, 0.5) is 15.9 Å². The molecule has 2 aromatic heterocycles. The molecule has 0 saturated heterocycles. The Morgan fingerprint density at radius 3 is 2.67 bits per heavy atom. The van der Waals surface area contributed by atoms with E-state index in [9.17, 15) is 19.3 Å². The molecule has 0 aliphatic rings. The number of carbonyl (C=O) groups excluding carboxylic acids is 1. The van der Waals surface area contributed by atoms with Crippen LogP contribution in [0.5, 0.6) is 0 Å². The third-order valence-electron chi connectivity index (χ3n) is 3.70. The van der Waals surface area contributed by atoms with E-state index in [4.69, 9.17) is 5.73 Å². The fraction of sp³-hybridized carbons (Fsp3) is 0.125. The van der Waals surface area contributed by atoms with Crippen molar-refractivity contribution in [3.63, 3.8) is 0 Å². The molecule has 1 amide bonds. The quantitative estimate of drug-likeness (QED) is 0.494. The highest BCUT2D eigenvalue weighted by Crippen LogP contribution is 2.21. The molecule has 3 rings (SSSR count). The Morgan fingerprint density at radius 1 is 1.30 bits per heavy atom. The second kappa shape index (κ2) is 7.56. The molecule has 3 N–H and O–H groups in total. The Morgan fingerprint density at radius 2 is 2.00 bits per heavy atom. The lowest BCUT2D eigenvalue weighted by molar-refractivity contribution is -0.484. The molecular weight excluding hydrogens is 357 g/mol. The van der Waals surface area contributed by atoms with Crippen LogP contribution in [0.2, 0.25) is 0 Å². The Hall–Kier alpha value is -3.89. The van der Waals surface area contributed by atoms with Crippen molar-refractivity contribution in [1.29, 1.82) is 0 Å². The van der Waals surface area contributed by atoms with Gasteiger partial charge in [-0.05, 0) is 17.7 Å². The van der Waals surface area contributed by atoms with Crippen LogP contribution < -0.4 is 11.1 Å². The summed E-state index contributed by atoms with van der Waals surface area (Å²) in [5.74, 6) is -1.07. The van der Waals surface area contributed by atoms with Crippen LogP contribution >= 0.6 is 0 Å². The van der Waals surface area contributed by atoms with Crippen LogP contribution in [0.15, 0.2) is 49.1 Å². The van der Waals surface area contributed by atoms with Gasteiger partial charge in [-0.25, -0.2) is 14.4 Å². The van der Waals surface area contributed by atoms with Crippen LogP contribution in [-0.4, -0.2) is 37.1 Å². The van der Waals surface area contributed by atoms with Gasteiger partial charge in [-0.15, -0.1) is 0 Å². The Balaban J connectivity index is 1.83. The second-order valence-corrected chi connectivity index (χ2v) is 5.54. The average molecular weight is 371 g/mol. The maximum absolute atomic E-state index is 13.1. The van der Waals surface area contributed by atoms with E-state index in [1.165, 1.54) is 53.7 Å². The van der Waals surface area contributed by atoms with Crippen LogP contribution in [0.1, 0.15) is 22.1 Å². The summed E-state index contributed by atoms with van der Waals surface area (Å²) < 4.78 is 14.5. The van der Waals surface area contributed by atoms with Gasteiger partial charge in [0.25, 0.3) is 5.91 Å². The molecule has 138 valence electrons. The third kappa shape index (κ3) is 4.21. The number of nitrogens with zero attached hydrogens (tertiary/aromatic N) is 5. The lowest BCUT2D eigenvalue weighted by atomic mass is 10.1. The summed E-state index contributed by atoms with van der Waals surface area (Å²) in [6.07, 6.45) is 5.45. The van der Waals surface area contributed by atoms with E-state index in [0.717, 1.165) is 0 Å².